The second kappa shape index (κ2) is 7.22. The molecule has 1 aromatic carbocycles. The third-order valence-corrected chi connectivity index (χ3v) is 4.73. The number of esters is 1. The lowest BCUT2D eigenvalue weighted by molar-refractivity contribution is -0.138. The molecule has 2 aliphatic rings. The highest BCUT2D eigenvalue weighted by atomic mass is 35.5. The molecule has 0 aromatic heterocycles. The zero-order valence-electron chi connectivity index (χ0n) is 13.6. The molecule has 0 spiro atoms. The van der Waals surface area contributed by atoms with Gasteiger partial charge in [-0.25, -0.2) is 4.79 Å². The van der Waals surface area contributed by atoms with Crippen molar-refractivity contribution in [2.45, 2.75) is 31.2 Å². The number of ether oxygens (including phenoxy) is 1. The summed E-state index contributed by atoms with van der Waals surface area (Å²) in [5, 5.41) is -0.666. The molecular formula is C19H20ClNO3. The van der Waals surface area contributed by atoms with Crippen LogP contribution >= 0.6 is 11.6 Å². The van der Waals surface area contributed by atoms with Crippen molar-refractivity contribution in [2.24, 2.45) is 0 Å². The van der Waals surface area contributed by atoms with Crippen LogP contribution in [0.4, 0.5) is 0 Å². The number of benzene rings is 1. The van der Waals surface area contributed by atoms with Gasteiger partial charge in [0.1, 0.15) is 11.4 Å². The molecule has 0 amide bonds. The van der Waals surface area contributed by atoms with Crippen LogP contribution in [0.5, 0.6) is 0 Å². The number of ketones is 1. The number of alkyl halides is 1. The highest BCUT2D eigenvalue weighted by Crippen LogP contribution is 2.36. The van der Waals surface area contributed by atoms with E-state index in [0.717, 1.165) is 17.7 Å². The molecule has 1 heterocycles. The van der Waals surface area contributed by atoms with Crippen molar-refractivity contribution in [3.8, 4) is 0 Å². The first-order valence-corrected chi connectivity index (χ1v) is 8.63. The SMILES string of the molecule is CCOC(=O)C1=C(N2CC2C(=O)C(Cl)c2ccccc2)C=CCC1. The molecule has 1 aliphatic carbocycles. The lowest BCUT2D eigenvalue weighted by Crippen LogP contribution is -2.20. The summed E-state index contributed by atoms with van der Waals surface area (Å²) < 4.78 is 5.13. The largest absolute Gasteiger partial charge is 0.463 e. The van der Waals surface area contributed by atoms with E-state index in [1.807, 2.05) is 47.4 Å². The summed E-state index contributed by atoms with van der Waals surface area (Å²) in [6.45, 7) is 2.73. The lowest BCUT2D eigenvalue weighted by Gasteiger charge is -2.17. The number of hydrogen-bond donors (Lipinski definition) is 0. The molecule has 0 N–H and O–H groups in total. The second-order valence-electron chi connectivity index (χ2n) is 5.87. The highest BCUT2D eigenvalue weighted by molar-refractivity contribution is 6.32. The Bertz CT molecular complexity index is 696. The topological polar surface area (TPSA) is 46.4 Å². The van der Waals surface area contributed by atoms with Crippen molar-refractivity contribution in [1.29, 1.82) is 0 Å². The summed E-state index contributed by atoms with van der Waals surface area (Å²) in [5.74, 6) is -0.321. The van der Waals surface area contributed by atoms with E-state index in [-0.39, 0.29) is 17.8 Å². The molecule has 5 heteroatoms. The summed E-state index contributed by atoms with van der Waals surface area (Å²) in [5.41, 5.74) is 2.25. The Balaban J connectivity index is 1.74. The number of Topliss-reactive ketones (excluding diaryl/α,β-unsaturated/α-hetero) is 1. The maximum absolute atomic E-state index is 12.6. The first kappa shape index (κ1) is 16.8. The fourth-order valence-corrected chi connectivity index (χ4v) is 3.24. The molecule has 1 fully saturated rings. The number of hydrogen-bond acceptors (Lipinski definition) is 4. The predicted molar refractivity (Wildman–Crippen MR) is 92.6 cm³/mol. The van der Waals surface area contributed by atoms with Gasteiger partial charge in [-0.05, 0) is 31.4 Å². The molecule has 24 heavy (non-hydrogen) atoms. The molecule has 1 aromatic rings. The molecule has 0 saturated carbocycles. The molecule has 0 bridgehead atoms. The van der Waals surface area contributed by atoms with E-state index in [0.29, 0.717) is 25.1 Å². The van der Waals surface area contributed by atoms with Gasteiger partial charge in [-0.15, -0.1) is 11.6 Å². The van der Waals surface area contributed by atoms with Gasteiger partial charge in [0.2, 0.25) is 0 Å². The number of carbonyl (C=O) groups excluding carboxylic acids is 2. The third kappa shape index (κ3) is 3.39. The maximum atomic E-state index is 12.6. The maximum Gasteiger partial charge on any atom is 0.336 e. The molecule has 2 unspecified atom stereocenters. The van der Waals surface area contributed by atoms with Crippen LogP contribution in [0, 0.1) is 0 Å². The van der Waals surface area contributed by atoms with Crippen molar-refractivity contribution in [2.75, 3.05) is 13.2 Å². The Morgan fingerprint density at radius 3 is 2.79 bits per heavy atom. The number of halogens is 1. The molecule has 0 radical (unpaired) electrons. The minimum absolute atomic E-state index is 0.0300. The van der Waals surface area contributed by atoms with Crippen LogP contribution in [-0.2, 0) is 14.3 Å². The average Bonchev–Trinajstić information content (AvgIpc) is 3.42. The highest BCUT2D eigenvalue weighted by Gasteiger charge is 2.45. The monoisotopic (exact) mass is 345 g/mol. The number of rotatable bonds is 6. The van der Waals surface area contributed by atoms with E-state index in [4.69, 9.17) is 16.3 Å². The van der Waals surface area contributed by atoms with E-state index in [1.54, 1.807) is 6.92 Å². The van der Waals surface area contributed by atoms with Gasteiger partial charge in [-0.1, -0.05) is 36.4 Å². The molecule has 1 aliphatic heterocycles. The van der Waals surface area contributed by atoms with Gasteiger partial charge in [-0.3, -0.25) is 4.79 Å². The standard InChI is InChI=1S/C19H20ClNO3/c1-2-24-19(23)14-10-6-7-11-15(14)21-12-16(21)18(22)17(20)13-8-4-3-5-9-13/h3-5,7-9,11,16-17H,2,6,10,12H2,1H3. The normalized spacial score (nSPS) is 20.8. The molecule has 1 saturated heterocycles. The average molecular weight is 346 g/mol. The Morgan fingerprint density at radius 1 is 1.33 bits per heavy atom. The van der Waals surface area contributed by atoms with E-state index in [9.17, 15) is 9.59 Å². The van der Waals surface area contributed by atoms with Crippen molar-refractivity contribution in [3.63, 3.8) is 0 Å². The van der Waals surface area contributed by atoms with Gasteiger partial charge in [0.05, 0.1) is 12.2 Å². The number of nitrogens with zero attached hydrogens (tertiary/aromatic N) is 1. The van der Waals surface area contributed by atoms with Crippen molar-refractivity contribution in [3.05, 3.63) is 59.3 Å². The van der Waals surface area contributed by atoms with E-state index < -0.39 is 5.38 Å². The minimum atomic E-state index is -0.666. The zero-order valence-corrected chi connectivity index (χ0v) is 14.3. The van der Waals surface area contributed by atoms with Crippen molar-refractivity contribution < 1.29 is 14.3 Å². The van der Waals surface area contributed by atoms with Gasteiger partial charge in [-0.2, -0.15) is 0 Å². The van der Waals surface area contributed by atoms with Crippen LogP contribution in [0.3, 0.4) is 0 Å². The molecule has 126 valence electrons. The van der Waals surface area contributed by atoms with Gasteiger partial charge >= 0.3 is 5.97 Å². The number of carbonyl (C=O) groups is 2. The Hall–Kier alpha value is -2.07. The third-order valence-electron chi connectivity index (χ3n) is 4.26. The van der Waals surface area contributed by atoms with Gasteiger partial charge < -0.3 is 9.64 Å². The lowest BCUT2D eigenvalue weighted by atomic mass is 10.0. The van der Waals surface area contributed by atoms with E-state index >= 15 is 0 Å². The number of allylic oxidation sites excluding steroid dienone is 2. The first-order valence-electron chi connectivity index (χ1n) is 8.19. The van der Waals surface area contributed by atoms with Gasteiger partial charge in [0, 0.05) is 12.2 Å². The Morgan fingerprint density at radius 2 is 2.08 bits per heavy atom. The van der Waals surface area contributed by atoms with Crippen LogP contribution in [0.1, 0.15) is 30.7 Å². The Labute approximate surface area is 146 Å². The fourth-order valence-electron chi connectivity index (χ4n) is 2.95. The van der Waals surface area contributed by atoms with E-state index in [1.165, 1.54) is 0 Å². The molecule has 3 rings (SSSR count). The van der Waals surface area contributed by atoms with Crippen molar-refractivity contribution >= 4 is 23.4 Å². The van der Waals surface area contributed by atoms with E-state index in [2.05, 4.69) is 0 Å². The molecular weight excluding hydrogens is 326 g/mol. The summed E-state index contributed by atoms with van der Waals surface area (Å²) in [6.07, 6.45) is 5.39. The second-order valence-corrected chi connectivity index (χ2v) is 6.31. The Kier molecular flexibility index (Phi) is 5.05. The van der Waals surface area contributed by atoms with Gasteiger partial charge in [0.15, 0.2) is 5.78 Å². The minimum Gasteiger partial charge on any atom is -0.463 e. The van der Waals surface area contributed by atoms with Crippen LogP contribution in [0.15, 0.2) is 53.8 Å². The quantitative estimate of drug-likeness (QED) is 0.450. The smallest absolute Gasteiger partial charge is 0.336 e. The van der Waals surface area contributed by atoms with Crippen LogP contribution in [-0.4, -0.2) is 35.8 Å². The summed E-state index contributed by atoms with van der Waals surface area (Å²) in [4.78, 5) is 26.7. The molecule has 2 atom stereocenters. The first-order chi connectivity index (χ1) is 11.6. The van der Waals surface area contributed by atoms with Gasteiger partial charge in [0.25, 0.3) is 0 Å². The van der Waals surface area contributed by atoms with Crippen molar-refractivity contribution in [1.82, 2.24) is 4.90 Å². The van der Waals surface area contributed by atoms with Crippen LogP contribution in [0.2, 0.25) is 0 Å². The van der Waals surface area contributed by atoms with Crippen LogP contribution in [0.25, 0.3) is 0 Å². The summed E-state index contributed by atoms with van der Waals surface area (Å²) >= 11 is 6.34. The summed E-state index contributed by atoms with van der Waals surface area (Å²) in [7, 11) is 0. The van der Waals surface area contributed by atoms with Crippen LogP contribution < -0.4 is 0 Å². The zero-order chi connectivity index (χ0) is 17.1. The molecule has 4 nitrogen and oxygen atoms in total. The summed E-state index contributed by atoms with van der Waals surface area (Å²) in [6, 6.07) is 9.07. The fraction of sp³-hybridized carbons (Fsp3) is 0.368. The predicted octanol–water partition coefficient (Wildman–Crippen LogP) is 3.39.